The second kappa shape index (κ2) is 19.8. The molecule has 0 spiro atoms. The minimum Gasteiger partial charge on any atom is -2.00 e. The number of rotatable bonds is 0. The fourth-order valence-corrected chi connectivity index (χ4v) is 0. The molecule has 0 heterocycles. The van der Waals surface area contributed by atoms with E-state index in [0.717, 1.165) is 0 Å². The van der Waals surface area contributed by atoms with Gasteiger partial charge in [-0.25, -0.2) is 0 Å². The zero-order valence-electron chi connectivity index (χ0n) is 2.62. The number of hydrogen-bond acceptors (Lipinski definition) is 0. The Morgan fingerprint density at radius 1 is 1.00 bits per heavy atom. The Bertz CT molecular complexity index is 8.00. The van der Waals surface area contributed by atoms with Crippen LogP contribution in [0, 0.1) is 0 Å². The zero-order valence-corrected chi connectivity index (χ0v) is 5.59. The van der Waals surface area contributed by atoms with E-state index in [4.69, 9.17) is 0 Å². The second-order valence-corrected chi connectivity index (χ2v) is 0. The summed E-state index contributed by atoms with van der Waals surface area (Å²) < 4.78 is 0. The predicted molar refractivity (Wildman–Crippen MR) is 6.44 cm³/mol. The van der Waals surface area contributed by atoms with E-state index in [1.165, 1.54) is 0 Å². The van der Waals surface area contributed by atoms with E-state index in [1.54, 1.807) is 0 Å². The Morgan fingerprint density at radius 2 is 1.00 bits per heavy atom. The van der Waals surface area contributed by atoms with Crippen molar-refractivity contribution in [1.82, 2.24) is 0 Å². The van der Waals surface area contributed by atoms with Crippen molar-refractivity contribution in [3.05, 3.63) is 0 Å². The molecular weight excluding hydrogens is 95.1 g/mol. The van der Waals surface area contributed by atoms with Crippen LogP contribution in [0.1, 0.15) is 0 Å². The summed E-state index contributed by atoms with van der Waals surface area (Å²) in [4.78, 5) is 0. The summed E-state index contributed by atoms with van der Waals surface area (Å²) in [6, 6.07) is 0. The van der Waals surface area contributed by atoms with Gasteiger partial charge in [0.2, 0.25) is 0 Å². The molecule has 0 aliphatic carbocycles. The van der Waals surface area contributed by atoms with Crippen LogP contribution in [0.4, 0.5) is 0 Å². The van der Waals surface area contributed by atoms with E-state index in [0.29, 0.717) is 0 Å². The molecule has 0 saturated carbocycles. The summed E-state index contributed by atoms with van der Waals surface area (Å²) in [5, 5.41) is 0. The molecule has 0 N–H and O–H groups in total. The first-order valence-electron chi connectivity index (χ1n) is 0. The SMILES string of the molecule is [Li+].[Mg+2].[O-2].[Ti+4]. The molecule has 0 aliphatic heterocycles. The minimum atomic E-state index is 0. The van der Waals surface area contributed by atoms with Gasteiger partial charge in [-0.2, -0.15) is 0 Å². The van der Waals surface area contributed by atoms with Crippen LogP contribution < -0.4 is 18.9 Å². The van der Waals surface area contributed by atoms with E-state index in [1.807, 2.05) is 0 Å². The van der Waals surface area contributed by atoms with Crippen molar-refractivity contribution in [3.63, 3.8) is 0 Å². The van der Waals surface area contributed by atoms with Gasteiger partial charge in [-0.3, -0.25) is 0 Å². The van der Waals surface area contributed by atoms with Crippen molar-refractivity contribution in [2.75, 3.05) is 0 Å². The van der Waals surface area contributed by atoms with Crippen molar-refractivity contribution >= 4 is 23.1 Å². The van der Waals surface area contributed by atoms with Crippen molar-refractivity contribution in [3.8, 4) is 0 Å². The molecule has 0 amide bonds. The molecule has 4 heavy (non-hydrogen) atoms. The van der Waals surface area contributed by atoms with E-state index in [2.05, 4.69) is 0 Å². The largest absolute Gasteiger partial charge is 4.00 e. The predicted octanol–water partition coefficient (Wildman–Crippen LogP) is -3.50. The van der Waals surface area contributed by atoms with Crippen LogP contribution in [-0.4, -0.2) is 23.1 Å². The Kier molecular flexibility index (Phi) is 182. The first-order valence-corrected chi connectivity index (χ1v) is 0. The normalized spacial score (nSPS) is 0. The average Bonchev–Trinajstić information content (AvgIpc) is 0. The van der Waals surface area contributed by atoms with Crippen LogP contribution in [0.3, 0.4) is 0 Å². The third-order valence-electron chi connectivity index (χ3n) is 0. The Balaban J connectivity index is 0. The van der Waals surface area contributed by atoms with E-state index in [-0.39, 0.29) is 69.1 Å². The molecule has 0 bridgehead atoms. The summed E-state index contributed by atoms with van der Waals surface area (Å²) >= 11 is 0. The maximum atomic E-state index is 0. The third-order valence-corrected chi connectivity index (χ3v) is 0. The van der Waals surface area contributed by atoms with Gasteiger partial charge in [0.1, 0.15) is 0 Å². The summed E-state index contributed by atoms with van der Waals surface area (Å²) in [5.74, 6) is 0. The fraction of sp³-hybridized carbons (Fsp3) is 0. The van der Waals surface area contributed by atoms with Crippen LogP contribution in [0.5, 0.6) is 0 Å². The topological polar surface area (TPSA) is 28.5 Å². The number of hydrogen-bond donors (Lipinski definition) is 0. The van der Waals surface area contributed by atoms with Gasteiger partial charge in [-0.15, -0.1) is 0 Å². The second-order valence-electron chi connectivity index (χ2n) is 0. The minimum absolute atomic E-state index is 0. The van der Waals surface area contributed by atoms with E-state index < -0.39 is 0 Å². The summed E-state index contributed by atoms with van der Waals surface area (Å²) in [7, 11) is 0. The maximum Gasteiger partial charge on any atom is 4.00 e. The average molecular weight is 95.1 g/mol. The van der Waals surface area contributed by atoms with Gasteiger partial charge in [-0.05, 0) is 0 Å². The molecule has 1 nitrogen and oxygen atoms in total. The molecule has 0 atom stereocenters. The molecule has 0 rings (SSSR count). The van der Waals surface area contributed by atoms with Crippen molar-refractivity contribution in [1.29, 1.82) is 0 Å². The van der Waals surface area contributed by atoms with Crippen LogP contribution in [0.15, 0.2) is 0 Å². The van der Waals surface area contributed by atoms with E-state index >= 15 is 0 Å². The van der Waals surface area contributed by atoms with Gasteiger partial charge in [0.15, 0.2) is 0 Å². The molecule has 0 aliphatic rings. The van der Waals surface area contributed by atoms with Gasteiger partial charge >= 0.3 is 63.6 Å². The van der Waals surface area contributed by atoms with Crippen LogP contribution in [0.25, 0.3) is 0 Å². The van der Waals surface area contributed by atoms with Gasteiger partial charge in [0, 0.05) is 0 Å². The quantitative estimate of drug-likeness (QED) is 0.279. The summed E-state index contributed by atoms with van der Waals surface area (Å²) in [6.07, 6.45) is 0. The molecule has 4 heteroatoms. The zero-order chi connectivity index (χ0) is 0. The molecule has 0 saturated heterocycles. The molecule has 0 aromatic heterocycles. The Morgan fingerprint density at radius 3 is 1.00 bits per heavy atom. The van der Waals surface area contributed by atoms with Gasteiger partial charge in [0.05, 0.1) is 0 Å². The smallest absolute Gasteiger partial charge is 2.00 e. The third kappa shape index (κ3) is 8.97. The Hall–Kier alpha value is 2.04. The van der Waals surface area contributed by atoms with Gasteiger partial charge in [-0.1, -0.05) is 0 Å². The van der Waals surface area contributed by atoms with Crippen LogP contribution in [0.2, 0.25) is 0 Å². The monoisotopic (exact) mass is 94.9 g/mol. The van der Waals surface area contributed by atoms with Crippen molar-refractivity contribution in [2.45, 2.75) is 0 Å². The summed E-state index contributed by atoms with van der Waals surface area (Å²) in [5.41, 5.74) is 0. The first-order chi connectivity index (χ1) is 0. The fourth-order valence-electron chi connectivity index (χ4n) is 0. The molecule has 0 unspecified atom stereocenters. The molecule has 0 fully saturated rings. The molecule has 0 aromatic rings. The molecule has 0 aromatic carbocycles. The molecule has 8 valence electrons. The van der Waals surface area contributed by atoms with Gasteiger partial charge < -0.3 is 5.48 Å². The standard InChI is InChI=1S/Li.Mg.O.Ti/q+1;+2;-2;+4. The van der Waals surface area contributed by atoms with Crippen molar-refractivity contribution in [2.24, 2.45) is 0 Å². The van der Waals surface area contributed by atoms with E-state index in [9.17, 15) is 0 Å². The van der Waals surface area contributed by atoms with Crippen molar-refractivity contribution < 1.29 is 46.1 Å². The molecular formula is LiMgOTi+5. The maximum absolute atomic E-state index is 0. The Labute approximate surface area is 68.4 Å². The van der Waals surface area contributed by atoms with Crippen LogP contribution in [-0.2, 0) is 27.2 Å². The molecule has 0 radical (unpaired) electrons. The summed E-state index contributed by atoms with van der Waals surface area (Å²) in [6.45, 7) is 0. The van der Waals surface area contributed by atoms with Gasteiger partial charge in [0.25, 0.3) is 0 Å². The first kappa shape index (κ1) is 36.9. The van der Waals surface area contributed by atoms with Crippen LogP contribution >= 0.6 is 0 Å².